The summed E-state index contributed by atoms with van der Waals surface area (Å²) in [5.74, 6) is 0.671. The fourth-order valence-electron chi connectivity index (χ4n) is 2.80. The van der Waals surface area contributed by atoms with Crippen molar-refractivity contribution in [3.05, 3.63) is 12.5 Å². The number of hydrogen-bond donors (Lipinski definition) is 1. The third-order valence-corrected chi connectivity index (χ3v) is 3.37. The van der Waals surface area contributed by atoms with E-state index in [-0.39, 0.29) is 11.9 Å². The van der Waals surface area contributed by atoms with E-state index in [9.17, 15) is 5.11 Å². The van der Waals surface area contributed by atoms with Crippen LogP contribution >= 0.6 is 0 Å². The quantitative estimate of drug-likeness (QED) is 0.586. The summed E-state index contributed by atoms with van der Waals surface area (Å²) in [7, 11) is 0. The Kier molecular flexibility index (Phi) is 1.11. The summed E-state index contributed by atoms with van der Waals surface area (Å²) >= 11 is 0. The van der Waals surface area contributed by atoms with E-state index in [4.69, 9.17) is 9.47 Å². The molecule has 3 unspecified atom stereocenters. The Hall–Kier alpha value is -0.700. The molecule has 0 amide bonds. The van der Waals surface area contributed by atoms with Gasteiger partial charge in [-0.25, -0.2) is 0 Å². The second-order valence-corrected chi connectivity index (χ2v) is 4.02. The lowest BCUT2D eigenvalue weighted by Gasteiger charge is -2.46. The summed E-state index contributed by atoms with van der Waals surface area (Å²) in [6.45, 7) is 0. The van der Waals surface area contributed by atoms with Crippen molar-refractivity contribution in [2.24, 2.45) is 11.8 Å². The summed E-state index contributed by atoms with van der Waals surface area (Å²) in [5, 5.41) is 9.42. The van der Waals surface area contributed by atoms with Crippen LogP contribution in [-0.4, -0.2) is 17.0 Å². The first-order valence-electron chi connectivity index (χ1n) is 4.49. The molecule has 1 aliphatic heterocycles. The van der Waals surface area contributed by atoms with Crippen LogP contribution in [0, 0.1) is 11.8 Å². The van der Waals surface area contributed by atoms with Gasteiger partial charge in [0.15, 0.2) is 0 Å². The molecule has 1 N–H and O–H groups in total. The molecule has 3 atom stereocenters. The molecular formula is C9H12O3. The van der Waals surface area contributed by atoms with Gasteiger partial charge in [-0.05, 0) is 18.8 Å². The lowest BCUT2D eigenvalue weighted by Crippen LogP contribution is -2.52. The van der Waals surface area contributed by atoms with Crippen molar-refractivity contribution in [1.82, 2.24) is 0 Å². The Morgan fingerprint density at radius 3 is 2.67 bits per heavy atom. The van der Waals surface area contributed by atoms with Gasteiger partial charge in [0, 0.05) is 12.3 Å². The second-order valence-electron chi connectivity index (χ2n) is 4.02. The summed E-state index contributed by atoms with van der Waals surface area (Å²) in [6, 6.07) is 0. The highest BCUT2D eigenvalue weighted by Gasteiger charge is 2.62. The summed E-state index contributed by atoms with van der Waals surface area (Å²) < 4.78 is 10.8. The maximum atomic E-state index is 9.42. The zero-order valence-electron chi connectivity index (χ0n) is 6.77. The Bertz CT molecular complexity index is 228. The molecule has 2 fully saturated rings. The van der Waals surface area contributed by atoms with E-state index in [1.54, 1.807) is 12.5 Å². The standard InChI is InChI=1S/C9H12O3/c10-7-3-6-5-9(8(6)4-7)11-1-2-12-9/h1-2,6-8,10H,3-5H2. The molecule has 2 aliphatic carbocycles. The Morgan fingerprint density at radius 2 is 2.00 bits per heavy atom. The zero-order valence-corrected chi connectivity index (χ0v) is 6.77. The molecule has 3 heteroatoms. The fraction of sp³-hybridized carbons (Fsp3) is 0.778. The van der Waals surface area contributed by atoms with E-state index in [0.717, 1.165) is 19.3 Å². The molecule has 0 aromatic rings. The average molecular weight is 168 g/mol. The second kappa shape index (κ2) is 1.96. The minimum Gasteiger partial charge on any atom is -0.456 e. The number of rotatable bonds is 0. The molecular weight excluding hydrogens is 156 g/mol. The minimum atomic E-state index is -0.373. The minimum absolute atomic E-state index is 0.132. The van der Waals surface area contributed by atoms with E-state index in [1.807, 2.05) is 0 Å². The van der Waals surface area contributed by atoms with Crippen LogP contribution in [0.3, 0.4) is 0 Å². The predicted octanol–water partition coefficient (Wildman–Crippen LogP) is 0.992. The smallest absolute Gasteiger partial charge is 0.253 e. The molecule has 1 spiro atoms. The molecule has 3 nitrogen and oxygen atoms in total. The lowest BCUT2D eigenvalue weighted by atomic mass is 9.70. The van der Waals surface area contributed by atoms with Crippen molar-refractivity contribution in [1.29, 1.82) is 0 Å². The number of hydrogen-bond acceptors (Lipinski definition) is 3. The molecule has 66 valence electrons. The van der Waals surface area contributed by atoms with Crippen LogP contribution in [0.4, 0.5) is 0 Å². The van der Waals surface area contributed by atoms with Crippen molar-refractivity contribution in [3.63, 3.8) is 0 Å². The van der Waals surface area contributed by atoms with Gasteiger partial charge in [-0.2, -0.15) is 0 Å². The molecule has 0 aromatic heterocycles. The average Bonchev–Trinajstić information content (AvgIpc) is 2.57. The fourth-order valence-corrected chi connectivity index (χ4v) is 2.80. The molecule has 1 heterocycles. The van der Waals surface area contributed by atoms with Crippen LogP contribution in [0.25, 0.3) is 0 Å². The van der Waals surface area contributed by atoms with Crippen molar-refractivity contribution in [3.8, 4) is 0 Å². The normalized spacial score (nSPS) is 46.6. The van der Waals surface area contributed by atoms with Crippen LogP contribution < -0.4 is 0 Å². The predicted molar refractivity (Wildman–Crippen MR) is 40.9 cm³/mol. The molecule has 0 bridgehead atoms. The van der Waals surface area contributed by atoms with Gasteiger partial charge in [-0.3, -0.25) is 0 Å². The molecule has 3 rings (SSSR count). The van der Waals surface area contributed by atoms with Crippen LogP contribution in [0.2, 0.25) is 0 Å². The molecule has 0 radical (unpaired) electrons. The van der Waals surface area contributed by atoms with Gasteiger partial charge in [0.25, 0.3) is 5.79 Å². The summed E-state index contributed by atoms with van der Waals surface area (Å²) in [5.41, 5.74) is 0. The maximum absolute atomic E-state index is 9.42. The highest BCUT2D eigenvalue weighted by atomic mass is 16.7. The van der Waals surface area contributed by atoms with E-state index in [1.165, 1.54) is 0 Å². The molecule has 0 saturated heterocycles. The van der Waals surface area contributed by atoms with Crippen LogP contribution in [0.1, 0.15) is 19.3 Å². The van der Waals surface area contributed by atoms with Gasteiger partial charge in [-0.15, -0.1) is 0 Å². The Labute approximate surface area is 71.0 Å². The Morgan fingerprint density at radius 1 is 1.25 bits per heavy atom. The first-order valence-corrected chi connectivity index (χ1v) is 4.49. The van der Waals surface area contributed by atoms with Gasteiger partial charge >= 0.3 is 0 Å². The van der Waals surface area contributed by atoms with Crippen LogP contribution in [0.15, 0.2) is 12.5 Å². The third kappa shape index (κ3) is 0.654. The first-order chi connectivity index (χ1) is 5.80. The first kappa shape index (κ1) is 6.78. The number of aliphatic hydroxyl groups is 1. The van der Waals surface area contributed by atoms with Crippen molar-refractivity contribution in [2.45, 2.75) is 31.2 Å². The molecule has 3 aliphatic rings. The molecule has 0 aromatic carbocycles. The maximum Gasteiger partial charge on any atom is 0.253 e. The topological polar surface area (TPSA) is 38.7 Å². The number of fused-ring (bicyclic) bond motifs is 2. The summed E-state index contributed by atoms with van der Waals surface area (Å²) in [6.07, 6.45) is 5.81. The van der Waals surface area contributed by atoms with E-state index >= 15 is 0 Å². The third-order valence-electron chi connectivity index (χ3n) is 3.37. The van der Waals surface area contributed by atoms with Gasteiger partial charge in [0.05, 0.1) is 6.10 Å². The van der Waals surface area contributed by atoms with Gasteiger partial charge < -0.3 is 14.6 Å². The molecule has 12 heavy (non-hydrogen) atoms. The van der Waals surface area contributed by atoms with Gasteiger partial charge in [0.2, 0.25) is 0 Å². The van der Waals surface area contributed by atoms with Crippen molar-refractivity contribution >= 4 is 0 Å². The molecule has 2 saturated carbocycles. The van der Waals surface area contributed by atoms with E-state index in [0.29, 0.717) is 11.8 Å². The Balaban J connectivity index is 1.79. The summed E-state index contributed by atoms with van der Waals surface area (Å²) in [4.78, 5) is 0. The van der Waals surface area contributed by atoms with Crippen LogP contribution in [-0.2, 0) is 9.47 Å². The number of aliphatic hydroxyl groups excluding tert-OH is 1. The van der Waals surface area contributed by atoms with E-state index < -0.39 is 0 Å². The SMILES string of the molecule is OC1CC2CC3(OC=CO3)C2C1. The highest BCUT2D eigenvalue weighted by molar-refractivity contribution is 5.06. The highest BCUT2D eigenvalue weighted by Crippen LogP contribution is 2.57. The van der Waals surface area contributed by atoms with Crippen molar-refractivity contribution in [2.75, 3.05) is 0 Å². The van der Waals surface area contributed by atoms with Gasteiger partial charge in [0.1, 0.15) is 12.5 Å². The monoisotopic (exact) mass is 168 g/mol. The number of ether oxygens (including phenoxy) is 2. The zero-order chi connectivity index (χ0) is 8.18. The van der Waals surface area contributed by atoms with Crippen LogP contribution in [0.5, 0.6) is 0 Å². The van der Waals surface area contributed by atoms with Gasteiger partial charge in [-0.1, -0.05) is 0 Å². The largest absolute Gasteiger partial charge is 0.456 e. The lowest BCUT2D eigenvalue weighted by molar-refractivity contribution is -0.256. The van der Waals surface area contributed by atoms with Crippen molar-refractivity contribution < 1.29 is 14.6 Å². The van der Waals surface area contributed by atoms with E-state index in [2.05, 4.69) is 0 Å².